The molecule has 2 atom stereocenters. The molecular weight excluding hydrogens is 349 g/mol. The standard InChI is InChI=1S/C18H23Cl2NO3/c1-5-16-13(12-6-7-14(19)15(20)10-12)11-21(8-9-23-16)17(22)24-18(2,3)4/h5-7,10,13,16H,1,8-9,11H2,2-4H3/t13-,16+/m0/s1. The van der Waals surface area contributed by atoms with Gasteiger partial charge in [-0.2, -0.15) is 0 Å². The smallest absolute Gasteiger partial charge is 0.410 e. The lowest BCUT2D eigenvalue weighted by molar-refractivity contribution is 0.0238. The third kappa shape index (κ3) is 4.88. The molecule has 2 rings (SSSR count). The number of carbonyl (C=O) groups is 1. The fraction of sp³-hybridized carbons (Fsp3) is 0.500. The van der Waals surface area contributed by atoms with Crippen molar-refractivity contribution in [3.05, 3.63) is 46.5 Å². The Kier molecular flexibility index (Phi) is 6.18. The average molecular weight is 372 g/mol. The van der Waals surface area contributed by atoms with E-state index in [1.807, 2.05) is 32.9 Å². The van der Waals surface area contributed by atoms with Crippen LogP contribution in [0.25, 0.3) is 0 Å². The third-order valence-corrected chi connectivity index (χ3v) is 4.48. The summed E-state index contributed by atoms with van der Waals surface area (Å²) in [5.41, 5.74) is 0.408. The molecule has 1 aliphatic heterocycles. The van der Waals surface area contributed by atoms with Crippen LogP contribution in [-0.4, -0.2) is 42.4 Å². The first-order valence-corrected chi connectivity index (χ1v) is 8.64. The van der Waals surface area contributed by atoms with E-state index in [2.05, 4.69) is 6.58 Å². The van der Waals surface area contributed by atoms with Crippen LogP contribution in [0.4, 0.5) is 4.79 Å². The number of hydrogen-bond donors (Lipinski definition) is 0. The number of amides is 1. The highest BCUT2D eigenvalue weighted by atomic mass is 35.5. The highest BCUT2D eigenvalue weighted by Gasteiger charge is 2.32. The van der Waals surface area contributed by atoms with Crippen LogP contribution in [0.5, 0.6) is 0 Å². The van der Waals surface area contributed by atoms with E-state index in [0.29, 0.717) is 29.7 Å². The van der Waals surface area contributed by atoms with Gasteiger partial charge in [0.05, 0.1) is 22.8 Å². The number of rotatable bonds is 2. The Labute approximate surface area is 153 Å². The lowest BCUT2D eigenvalue weighted by atomic mass is 9.93. The van der Waals surface area contributed by atoms with Gasteiger partial charge in [-0.25, -0.2) is 4.79 Å². The van der Waals surface area contributed by atoms with Crippen molar-refractivity contribution in [1.29, 1.82) is 0 Å². The Morgan fingerprint density at radius 2 is 2.08 bits per heavy atom. The molecule has 24 heavy (non-hydrogen) atoms. The monoisotopic (exact) mass is 371 g/mol. The average Bonchev–Trinajstić information content (AvgIpc) is 2.70. The molecule has 0 unspecified atom stereocenters. The van der Waals surface area contributed by atoms with Crippen LogP contribution in [0.15, 0.2) is 30.9 Å². The molecule has 1 heterocycles. The molecule has 6 heteroatoms. The highest BCUT2D eigenvalue weighted by molar-refractivity contribution is 6.42. The van der Waals surface area contributed by atoms with Gasteiger partial charge in [-0.15, -0.1) is 6.58 Å². The summed E-state index contributed by atoms with van der Waals surface area (Å²) in [6, 6.07) is 5.46. The molecule has 0 N–H and O–H groups in total. The molecule has 0 radical (unpaired) electrons. The summed E-state index contributed by atoms with van der Waals surface area (Å²) >= 11 is 12.2. The maximum atomic E-state index is 12.4. The molecule has 1 saturated heterocycles. The molecule has 0 aliphatic carbocycles. The Morgan fingerprint density at radius 3 is 2.67 bits per heavy atom. The van der Waals surface area contributed by atoms with E-state index in [0.717, 1.165) is 5.56 Å². The predicted molar refractivity (Wildman–Crippen MR) is 96.9 cm³/mol. The second-order valence-electron chi connectivity index (χ2n) is 6.78. The normalized spacial score (nSPS) is 22.0. The summed E-state index contributed by atoms with van der Waals surface area (Å²) in [5.74, 6) is -0.0905. The summed E-state index contributed by atoms with van der Waals surface area (Å²) in [6.45, 7) is 10.8. The minimum Gasteiger partial charge on any atom is -0.444 e. The van der Waals surface area contributed by atoms with Crippen LogP contribution in [0.3, 0.4) is 0 Å². The Hall–Kier alpha value is -1.23. The quantitative estimate of drug-likeness (QED) is 0.694. The topological polar surface area (TPSA) is 38.8 Å². The molecule has 1 fully saturated rings. The number of ether oxygens (including phenoxy) is 2. The molecule has 0 saturated carbocycles. The second-order valence-corrected chi connectivity index (χ2v) is 7.59. The summed E-state index contributed by atoms with van der Waals surface area (Å²) in [6.07, 6.45) is 1.20. The molecule has 1 aromatic rings. The van der Waals surface area contributed by atoms with Crippen molar-refractivity contribution < 1.29 is 14.3 Å². The first-order chi connectivity index (χ1) is 11.2. The van der Waals surface area contributed by atoms with E-state index in [1.165, 1.54) is 0 Å². The van der Waals surface area contributed by atoms with Gasteiger partial charge < -0.3 is 14.4 Å². The van der Waals surface area contributed by atoms with Crippen LogP contribution in [0.2, 0.25) is 10.0 Å². The zero-order chi connectivity index (χ0) is 17.9. The van der Waals surface area contributed by atoms with Crippen LogP contribution >= 0.6 is 23.2 Å². The van der Waals surface area contributed by atoms with Crippen LogP contribution < -0.4 is 0 Å². The minimum absolute atomic E-state index is 0.0905. The van der Waals surface area contributed by atoms with Gasteiger partial charge in [0, 0.05) is 19.0 Å². The van der Waals surface area contributed by atoms with Gasteiger partial charge in [-0.3, -0.25) is 0 Å². The van der Waals surface area contributed by atoms with E-state index in [1.54, 1.807) is 17.0 Å². The number of carbonyl (C=O) groups excluding carboxylic acids is 1. The summed E-state index contributed by atoms with van der Waals surface area (Å²) < 4.78 is 11.3. The maximum Gasteiger partial charge on any atom is 0.410 e. The highest BCUT2D eigenvalue weighted by Crippen LogP contribution is 2.31. The van der Waals surface area contributed by atoms with Crippen LogP contribution in [-0.2, 0) is 9.47 Å². The number of hydrogen-bond acceptors (Lipinski definition) is 3. The Morgan fingerprint density at radius 1 is 1.38 bits per heavy atom. The number of nitrogens with zero attached hydrogens (tertiary/aromatic N) is 1. The van der Waals surface area contributed by atoms with Gasteiger partial charge in [0.2, 0.25) is 0 Å². The van der Waals surface area contributed by atoms with E-state index < -0.39 is 5.60 Å². The molecule has 4 nitrogen and oxygen atoms in total. The van der Waals surface area contributed by atoms with Gasteiger partial charge in [-0.1, -0.05) is 35.3 Å². The molecule has 0 bridgehead atoms. The molecule has 1 aromatic carbocycles. The number of halogens is 2. The lowest BCUT2D eigenvalue weighted by Gasteiger charge is -2.29. The summed E-state index contributed by atoms with van der Waals surface area (Å²) in [4.78, 5) is 14.1. The number of benzene rings is 1. The first kappa shape index (κ1) is 19.1. The summed E-state index contributed by atoms with van der Waals surface area (Å²) in [7, 11) is 0. The minimum atomic E-state index is -0.541. The molecule has 132 valence electrons. The van der Waals surface area contributed by atoms with Crippen molar-refractivity contribution >= 4 is 29.3 Å². The molecule has 1 amide bonds. The maximum absolute atomic E-state index is 12.4. The molecule has 0 spiro atoms. The van der Waals surface area contributed by atoms with E-state index in [-0.39, 0.29) is 18.1 Å². The molecular formula is C18H23Cl2NO3. The third-order valence-electron chi connectivity index (χ3n) is 3.74. The van der Waals surface area contributed by atoms with Gasteiger partial charge in [0.25, 0.3) is 0 Å². The first-order valence-electron chi connectivity index (χ1n) is 7.88. The van der Waals surface area contributed by atoms with Crippen molar-refractivity contribution in [3.8, 4) is 0 Å². The van der Waals surface area contributed by atoms with Crippen molar-refractivity contribution in [2.24, 2.45) is 0 Å². The predicted octanol–water partition coefficient (Wildman–Crippen LogP) is 4.90. The van der Waals surface area contributed by atoms with Crippen molar-refractivity contribution in [3.63, 3.8) is 0 Å². The van der Waals surface area contributed by atoms with Crippen LogP contribution in [0.1, 0.15) is 32.3 Å². The van der Waals surface area contributed by atoms with Crippen molar-refractivity contribution in [2.75, 3.05) is 19.7 Å². The van der Waals surface area contributed by atoms with E-state index in [4.69, 9.17) is 32.7 Å². The largest absolute Gasteiger partial charge is 0.444 e. The van der Waals surface area contributed by atoms with Gasteiger partial charge >= 0.3 is 6.09 Å². The SMILES string of the molecule is C=C[C@H]1OCCN(C(=O)OC(C)(C)C)C[C@H]1c1ccc(Cl)c(Cl)c1. The fourth-order valence-electron chi connectivity index (χ4n) is 2.61. The fourth-order valence-corrected chi connectivity index (χ4v) is 2.92. The second kappa shape index (κ2) is 7.77. The molecule has 1 aliphatic rings. The summed E-state index contributed by atoms with van der Waals surface area (Å²) in [5, 5.41) is 0.971. The van der Waals surface area contributed by atoms with Crippen LogP contribution in [0, 0.1) is 0 Å². The Bertz CT molecular complexity index is 613. The van der Waals surface area contributed by atoms with Crippen molar-refractivity contribution in [1.82, 2.24) is 4.90 Å². The van der Waals surface area contributed by atoms with Gasteiger partial charge in [0.1, 0.15) is 5.60 Å². The zero-order valence-corrected chi connectivity index (χ0v) is 15.7. The van der Waals surface area contributed by atoms with Crippen molar-refractivity contribution in [2.45, 2.75) is 38.4 Å². The Balaban J connectivity index is 2.26. The van der Waals surface area contributed by atoms with E-state index >= 15 is 0 Å². The van der Waals surface area contributed by atoms with Gasteiger partial charge in [-0.05, 0) is 38.5 Å². The lowest BCUT2D eigenvalue weighted by Crippen LogP contribution is -2.40. The van der Waals surface area contributed by atoms with E-state index in [9.17, 15) is 4.79 Å². The molecule has 0 aromatic heterocycles. The zero-order valence-electron chi connectivity index (χ0n) is 14.2. The van der Waals surface area contributed by atoms with Gasteiger partial charge in [0.15, 0.2) is 0 Å².